The summed E-state index contributed by atoms with van der Waals surface area (Å²) in [7, 11) is 0. The standard InChI is InChI=1S/C12H16FN3O2/c1-2-15-11(17)7-14-8-12(18)16-10-5-3-4-9(13)6-10/h3-6,14H,2,7-8H2,1H3,(H,15,17)(H,16,18). The molecule has 0 aliphatic rings. The van der Waals surface area contributed by atoms with Crippen LogP contribution in [0.2, 0.25) is 0 Å². The zero-order chi connectivity index (χ0) is 13.4. The third-order valence-corrected chi connectivity index (χ3v) is 2.05. The third kappa shape index (κ3) is 5.40. The molecule has 1 rings (SSSR count). The van der Waals surface area contributed by atoms with Gasteiger partial charge in [-0.15, -0.1) is 0 Å². The fourth-order valence-corrected chi connectivity index (χ4v) is 1.32. The van der Waals surface area contributed by atoms with E-state index in [1.165, 1.54) is 18.2 Å². The molecule has 0 saturated carbocycles. The van der Waals surface area contributed by atoms with Crippen LogP contribution in [-0.2, 0) is 9.59 Å². The van der Waals surface area contributed by atoms with Crippen LogP contribution in [0.15, 0.2) is 24.3 Å². The first-order valence-corrected chi connectivity index (χ1v) is 5.64. The molecule has 2 amide bonds. The molecule has 0 unspecified atom stereocenters. The number of carbonyl (C=O) groups excluding carboxylic acids is 2. The number of amides is 2. The first-order valence-electron chi connectivity index (χ1n) is 5.64. The van der Waals surface area contributed by atoms with E-state index in [0.717, 1.165) is 0 Å². The lowest BCUT2D eigenvalue weighted by Crippen LogP contribution is -2.37. The van der Waals surface area contributed by atoms with Crippen LogP contribution in [-0.4, -0.2) is 31.4 Å². The summed E-state index contributed by atoms with van der Waals surface area (Å²) in [6, 6.07) is 5.61. The number of likely N-dealkylation sites (N-methyl/N-ethyl adjacent to an activating group) is 1. The van der Waals surface area contributed by atoms with Crippen molar-refractivity contribution in [2.45, 2.75) is 6.92 Å². The number of carbonyl (C=O) groups is 2. The molecule has 0 atom stereocenters. The summed E-state index contributed by atoms with van der Waals surface area (Å²) >= 11 is 0. The van der Waals surface area contributed by atoms with Crippen molar-refractivity contribution in [3.8, 4) is 0 Å². The second kappa shape index (κ2) is 7.39. The molecular formula is C12H16FN3O2. The minimum absolute atomic E-state index is 0.00630. The van der Waals surface area contributed by atoms with Gasteiger partial charge < -0.3 is 10.6 Å². The Hall–Kier alpha value is -1.95. The highest BCUT2D eigenvalue weighted by Gasteiger charge is 2.04. The van der Waals surface area contributed by atoms with E-state index < -0.39 is 5.82 Å². The van der Waals surface area contributed by atoms with Crippen LogP contribution in [0.25, 0.3) is 0 Å². The second-order valence-corrected chi connectivity index (χ2v) is 3.62. The van der Waals surface area contributed by atoms with E-state index in [9.17, 15) is 14.0 Å². The van der Waals surface area contributed by atoms with Gasteiger partial charge in [-0.25, -0.2) is 4.39 Å². The Morgan fingerprint density at radius 2 is 1.94 bits per heavy atom. The maximum Gasteiger partial charge on any atom is 0.238 e. The summed E-state index contributed by atoms with van der Waals surface area (Å²) in [6.45, 7) is 2.43. The van der Waals surface area contributed by atoms with Crippen molar-refractivity contribution in [3.05, 3.63) is 30.1 Å². The van der Waals surface area contributed by atoms with Gasteiger partial charge in [0.1, 0.15) is 5.82 Å². The molecule has 1 aromatic rings. The molecule has 0 aliphatic carbocycles. The first kappa shape index (κ1) is 14.1. The highest BCUT2D eigenvalue weighted by Crippen LogP contribution is 2.08. The van der Waals surface area contributed by atoms with E-state index in [2.05, 4.69) is 16.0 Å². The van der Waals surface area contributed by atoms with Crippen molar-refractivity contribution in [2.24, 2.45) is 0 Å². The predicted molar refractivity (Wildman–Crippen MR) is 66.6 cm³/mol. The monoisotopic (exact) mass is 253 g/mol. The molecule has 0 aromatic heterocycles. The topological polar surface area (TPSA) is 70.2 Å². The minimum Gasteiger partial charge on any atom is -0.355 e. The van der Waals surface area contributed by atoms with E-state index in [1.54, 1.807) is 6.07 Å². The van der Waals surface area contributed by atoms with Crippen molar-refractivity contribution < 1.29 is 14.0 Å². The van der Waals surface area contributed by atoms with Gasteiger partial charge in [0.25, 0.3) is 0 Å². The Kier molecular flexibility index (Phi) is 5.79. The third-order valence-electron chi connectivity index (χ3n) is 2.05. The minimum atomic E-state index is -0.414. The fraction of sp³-hybridized carbons (Fsp3) is 0.333. The summed E-state index contributed by atoms with van der Waals surface area (Å²) in [5.74, 6) is -0.913. The molecule has 0 heterocycles. The lowest BCUT2D eigenvalue weighted by Gasteiger charge is -2.06. The number of halogens is 1. The van der Waals surface area contributed by atoms with Crippen LogP contribution < -0.4 is 16.0 Å². The van der Waals surface area contributed by atoms with Crippen LogP contribution in [0.1, 0.15) is 6.92 Å². The van der Waals surface area contributed by atoms with Crippen molar-refractivity contribution in [1.82, 2.24) is 10.6 Å². The molecule has 1 aromatic carbocycles. The van der Waals surface area contributed by atoms with Gasteiger partial charge in [0.15, 0.2) is 0 Å². The Morgan fingerprint density at radius 3 is 2.61 bits per heavy atom. The molecule has 98 valence electrons. The largest absolute Gasteiger partial charge is 0.355 e. The highest BCUT2D eigenvalue weighted by atomic mass is 19.1. The van der Waals surface area contributed by atoms with E-state index in [-0.39, 0.29) is 24.9 Å². The molecule has 0 radical (unpaired) electrons. The van der Waals surface area contributed by atoms with Crippen LogP contribution >= 0.6 is 0 Å². The maximum atomic E-state index is 12.8. The molecule has 0 aliphatic heterocycles. The average Bonchev–Trinajstić information content (AvgIpc) is 2.29. The molecule has 18 heavy (non-hydrogen) atoms. The molecule has 0 spiro atoms. The molecule has 5 nitrogen and oxygen atoms in total. The van der Waals surface area contributed by atoms with Gasteiger partial charge in [-0.3, -0.25) is 14.9 Å². The summed E-state index contributed by atoms with van der Waals surface area (Å²) < 4.78 is 12.8. The zero-order valence-corrected chi connectivity index (χ0v) is 10.1. The van der Waals surface area contributed by atoms with Crippen LogP contribution in [0.4, 0.5) is 10.1 Å². The number of benzene rings is 1. The molecule has 0 bridgehead atoms. The number of hydrogen-bond donors (Lipinski definition) is 3. The van der Waals surface area contributed by atoms with Crippen LogP contribution in [0, 0.1) is 5.82 Å². The smallest absolute Gasteiger partial charge is 0.238 e. The van der Waals surface area contributed by atoms with E-state index in [1.807, 2.05) is 6.92 Å². The summed E-state index contributed by atoms with van der Waals surface area (Å²) in [6.07, 6.45) is 0. The zero-order valence-electron chi connectivity index (χ0n) is 10.1. The van der Waals surface area contributed by atoms with Crippen molar-refractivity contribution in [2.75, 3.05) is 25.0 Å². The van der Waals surface area contributed by atoms with E-state index in [4.69, 9.17) is 0 Å². The van der Waals surface area contributed by atoms with Crippen LogP contribution in [0.3, 0.4) is 0 Å². The first-order chi connectivity index (χ1) is 8.61. The van der Waals surface area contributed by atoms with Crippen molar-refractivity contribution in [3.63, 3.8) is 0 Å². The molecule has 0 fully saturated rings. The Morgan fingerprint density at radius 1 is 1.22 bits per heavy atom. The Balaban J connectivity index is 2.28. The Bertz CT molecular complexity index is 424. The summed E-state index contributed by atoms with van der Waals surface area (Å²) in [5, 5.41) is 7.80. The number of nitrogens with one attached hydrogen (secondary N) is 3. The quantitative estimate of drug-likeness (QED) is 0.691. The normalized spacial score (nSPS) is 9.89. The predicted octanol–water partition coefficient (Wildman–Crippen LogP) is 0.490. The van der Waals surface area contributed by atoms with Crippen molar-refractivity contribution in [1.29, 1.82) is 0 Å². The second-order valence-electron chi connectivity index (χ2n) is 3.62. The van der Waals surface area contributed by atoms with Crippen molar-refractivity contribution >= 4 is 17.5 Å². The molecule has 3 N–H and O–H groups in total. The maximum absolute atomic E-state index is 12.8. The lowest BCUT2D eigenvalue weighted by molar-refractivity contribution is -0.120. The number of hydrogen-bond acceptors (Lipinski definition) is 3. The van der Waals surface area contributed by atoms with Gasteiger partial charge in [-0.1, -0.05) is 6.07 Å². The molecule has 0 saturated heterocycles. The molecule has 6 heteroatoms. The average molecular weight is 253 g/mol. The number of anilines is 1. The van der Waals surface area contributed by atoms with Gasteiger partial charge in [0.2, 0.25) is 11.8 Å². The van der Waals surface area contributed by atoms with E-state index >= 15 is 0 Å². The fourth-order valence-electron chi connectivity index (χ4n) is 1.32. The summed E-state index contributed by atoms with van der Waals surface area (Å²) in [4.78, 5) is 22.5. The Labute approximate surface area is 105 Å². The summed E-state index contributed by atoms with van der Waals surface area (Å²) in [5.41, 5.74) is 0.389. The van der Waals surface area contributed by atoms with E-state index in [0.29, 0.717) is 12.2 Å². The molecular weight excluding hydrogens is 237 g/mol. The van der Waals surface area contributed by atoms with Gasteiger partial charge >= 0.3 is 0 Å². The van der Waals surface area contributed by atoms with Gasteiger partial charge in [-0.2, -0.15) is 0 Å². The lowest BCUT2D eigenvalue weighted by atomic mass is 10.3. The highest BCUT2D eigenvalue weighted by molar-refractivity contribution is 5.92. The van der Waals surface area contributed by atoms with Gasteiger partial charge in [0, 0.05) is 12.2 Å². The SMILES string of the molecule is CCNC(=O)CNCC(=O)Nc1cccc(F)c1. The number of rotatable bonds is 6. The van der Waals surface area contributed by atoms with Gasteiger partial charge in [-0.05, 0) is 25.1 Å². The van der Waals surface area contributed by atoms with Gasteiger partial charge in [0.05, 0.1) is 13.1 Å². The van der Waals surface area contributed by atoms with Crippen LogP contribution in [0.5, 0.6) is 0 Å².